The minimum absolute atomic E-state index is 0.0103. The van der Waals surface area contributed by atoms with Crippen LogP contribution in [0.25, 0.3) is 0 Å². The second kappa shape index (κ2) is 7.47. The number of nitrogens with one attached hydrogen (secondary N) is 2. The molecule has 1 saturated carbocycles. The van der Waals surface area contributed by atoms with Gasteiger partial charge in [0.25, 0.3) is 0 Å². The van der Waals surface area contributed by atoms with E-state index in [1.165, 1.54) is 0 Å². The average Bonchev–Trinajstić information content (AvgIpc) is 2.90. The average molecular weight is 285 g/mol. The summed E-state index contributed by atoms with van der Waals surface area (Å²) in [4.78, 5) is 23.2. The lowest BCUT2D eigenvalue weighted by Gasteiger charge is -2.29. The third kappa shape index (κ3) is 4.37. The number of nitrogens with two attached hydrogens (primary N) is 1. The van der Waals surface area contributed by atoms with E-state index >= 15 is 0 Å². The summed E-state index contributed by atoms with van der Waals surface area (Å²) in [6.45, 7) is 4.40. The van der Waals surface area contributed by atoms with Gasteiger partial charge in [0.2, 0.25) is 5.91 Å². The van der Waals surface area contributed by atoms with Gasteiger partial charge in [0.15, 0.2) is 0 Å². The highest BCUT2D eigenvalue weighted by molar-refractivity contribution is 5.86. The van der Waals surface area contributed by atoms with Crippen LogP contribution in [-0.2, 0) is 4.79 Å². The Hall–Kier alpha value is -1.30. The van der Waals surface area contributed by atoms with Gasteiger partial charge >= 0.3 is 6.03 Å². The van der Waals surface area contributed by atoms with E-state index in [0.717, 1.165) is 32.1 Å². The molecule has 0 spiro atoms. The van der Waals surface area contributed by atoms with Crippen LogP contribution in [-0.4, -0.2) is 36.2 Å². The van der Waals surface area contributed by atoms with Gasteiger partial charge in [-0.3, -0.25) is 4.79 Å². The maximum Gasteiger partial charge on any atom is 0.312 e. The lowest BCUT2D eigenvalue weighted by molar-refractivity contribution is -0.124. The van der Waals surface area contributed by atoms with Crippen LogP contribution in [0, 0.1) is 11.3 Å². The van der Waals surface area contributed by atoms with Crippen LogP contribution in [0.4, 0.5) is 4.79 Å². The molecule has 2 atom stereocenters. The summed E-state index contributed by atoms with van der Waals surface area (Å²) < 4.78 is 0. The van der Waals surface area contributed by atoms with E-state index in [4.69, 9.17) is 5.73 Å². The molecule has 0 aromatic heterocycles. The van der Waals surface area contributed by atoms with Gasteiger partial charge in [-0.25, -0.2) is 4.79 Å². The van der Waals surface area contributed by atoms with Crippen molar-refractivity contribution in [3.8, 4) is 0 Å². The van der Waals surface area contributed by atoms with Crippen LogP contribution in [0.2, 0.25) is 0 Å². The molecule has 6 nitrogen and oxygen atoms in total. The second-order valence-corrected chi connectivity index (χ2v) is 5.95. The van der Waals surface area contributed by atoms with Gasteiger partial charge in [-0.1, -0.05) is 33.1 Å². The summed E-state index contributed by atoms with van der Waals surface area (Å²) in [5.41, 5.74) is 4.93. The normalized spacial score (nSPS) is 20.1. The van der Waals surface area contributed by atoms with Gasteiger partial charge in [-0.15, -0.1) is 0 Å². The quantitative estimate of drug-likeness (QED) is 0.554. The Bertz CT molecular complexity index is 341. The number of aliphatic hydroxyl groups is 1. The van der Waals surface area contributed by atoms with Crippen molar-refractivity contribution in [3.63, 3.8) is 0 Å². The number of amides is 3. The first-order valence-electron chi connectivity index (χ1n) is 7.38. The van der Waals surface area contributed by atoms with E-state index in [2.05, 4.69) is 10.6 Å². The number of hydrogen-bond acceptors (Lipinski definition) is 3. The Morgan fingerprint density at radius 3 is 2.40 bits per heavy atom. The summed E-state index contributed by atoms with van der Waals surface area (Å²) in [6.07, 6.45) is 4.81. The lowest BCUT2D eigenvalue weighted by Crippen LogP contribution is -2.53. The van der Waals surface area contributed by atoms with Crippen molar-refractivity contribution in [2.24, 2.45) is 17.1 Å². The van der Waals surface area contributed by atoms with Gasteiger partial charge in [0.1, 0.15) is 6.04 Å². The molecule has 0 aliphatic heterocycles. The Balaban J connectivity index is 2.59. The third-order valence-electron chi connectivity index (χ3n) is 4.43. The van der Waals surface area contributed by atoms with Crippen LogP contribution in [0.15, 0.2) is 0 Å². The maximum atomic E-state index is 12.2. The molecule has 0 saturated heterocycles. The molecule has 5 N–H and O–H groups in total. The molecule has 1 rings (SSSR count). The SMILES string of the molecule is CCC(C)C(NC(N)=O)C(=O)NCC1(CO)CCCC1. The van der Waals surface area contributed by atoms with Crippen LogP contribution in [0.1, 0.15) is 46.0 Å². The van der Waals surface area contributed by atoms with Crippen molar-refractivity contribution in [2.45, 2.75) is 52.0 Å². The van der Waals surface area contributed by atoms with Crippen LogP contribution < -0.4 is 16.4 Å². The zero-order valence-corrected chi connectivity index (χ0v) is 12.4. The van der Waals surface area contributed by atoms with Gasteiger partial charge < -0.3 is 21.5 Å². The van der Waals surface area contributed by atoms with E-state index < -0.39 is 12.1 Å². The first kappa shape index (κ1) is 16.8. The Morgan fingerprint density at radius 2 is 1.95 bits per heavy atom. The maximum absolute atomic E-state index is 12.2. The predicted molar refractivity (Wildman–Crippen MR) is 77.0 cm³/mol. The molecule has 0 bridgehead atoms. The highest BCUT2D eigenvalue weighted by Crippen LogP contribution is 2.36. The monoisotopic (exact) mass is 285 g/mol. The summed E-state index contributed by atoms with van der Waals surface area (Å²) in [5, 5.41) is 14.9. The number of urea groups is 1. The predicted octanol–water partition coefficient (Wildman–Crippen LogP) is 0.738. The summed E-state index contributed by atoms with van der Waals surface area (Å²) in [6, 6.07) is -1.31. The summed E-state index contributed by atoms with van der Waals surface area (Å²) in [7, 11) is 0. The van der Waals surface area contributed by atoms with E-state index in [0.29, 0.717) is 6.54 Å². The zero-order valence-electron chi connectivity index (χ0n) is 12.4. The second-order valence-electron chi connectivity index (χ2n) is 5.95. The van der Waals surface area contributed by atoms with Crippen LogP contribution >= 0.6 is 0 Å². The van der Waals surface area contributed by atoms with Gasteiger partial charge in [0.05, 0.1) is 6.61 Å². The summed E-state index contributed by atoms with van der Waals surface area (Å²) >= 11 is 0. The van der Waals surface area contributed by atoms with Crippen LogP contribution in [0.3, 0.4) is 0 Å². The first-order chi connectivity index (χ1) is 9.44. The standard InChI is InChI=1S/C14H27N3O3/c1-3-10(2)11(17-13(15)20)12(19)16-8-14(9-18)6-4-5-7-14/h10-11,18H,3-9H2,1-2H3,(H,16,19)(H3,15,17,20). The Morgan fingerprint density at radius 1 is 1.35 bits per heavy atom. The third-order valence-corrected chi connectivity index (χ3v) is 4.43. The highest BCUT2D eigenvalue weighted by atomic mass is 16.3. The smallest absolute Gasteiger partial charge is 0.312 e. The molecule has 2 unspecified atom stereocenters. The molecule has 6 heteroatoms. The lowest BCUT2D eigenvalue weighted by atomic mass is 9.87. The molecule has 0 aromatic rings. The number of primary amides is 1. The van der Waals surface area contributed by atoms with Crippen molar-refractivity contribution in [1.82, 2.24) is 10.6 Å². The summed E-state index contributed by atoms with van der Waals surface area (Å²) in [5.74, 6) is -0.214. The molecular formula is C14H27N3O3. The number of rotatable bonds is 7. The van der Waals surface area contributed by atoms with E-state index in [1.54, 1.807) is 0 Å². The first-order valence-corrected chi connectivity index (χ1v) is 7.38. The Labute approximate surface area is 120 Å². The molecule has 0 aromatic carbocycles. The fraction of sp³-hybridized carbons (Fsp3) is 0.857. The van der Waals surface area contributed by atoms with Gasteiger partial charge in [-0.2, -0.15) is 0 Å². The Kier molecular flexibility index (Phi) is 6.26. The van der Waals surface area contributed by atoms with Crippen LogP contribution in [0.5, 0.6) is 0 Å². The van der Waals surface area contributed by atoms with Gasteiger partial charge in [-0.05, 0) is 18.8 Å². The zero-order chi connectivity index (χ0) is 15.2. The molecule has 116 valence electrons. The van der Waals surface area contributed by atoms with Crippen molar-refractivity contribution in [1.29, 1.82) is 0 Å². The molecule has 1 aliphatic rings. The number of carbonyl (C=O) groups is 2. The van der Waals surface area contributed by atoms with Crippen molar-refractivity contribution >= 4 is 11.9 Å². The minimum atomic E-state index is -0.691. The van der Waals surface area contributed by atoms with Gasteiger partial charge in [0, 0.05) is 12.0 Å². The van der Waals surface area contributed by atoms with Crippen molar-refractivity contribution < 1.29 is 14.7 Å². The minimum Gasteiger partial charge on any atom is -0.396 e. The van der Waals surface area contributed by atoms with Crippen molar-refractivity contribution in [3.05, 3.63) is 0 Å². The fourth-order valence-corrected chi connectivity index (χ4v) is 2.76. The number of carbonyl (C=O) groups excluding carboxylic acids is 2. The van der Waals surface area contributed by atoms with E-state index in [9.17, 15) is 14.7 Å². The highest BCUT2D eigenvalue weighted by Gasteiger charge is 2.34. The fourth-order valence-electron chi connectivity index (χ4n) is 2.76. The molecule has 0 radical (unpaired) electrons. The number of hydrogen-bond donors (Lipinski definition) is 4. The molecular weight excluding hydrogens is 258 g/mol. The van der Waals surface area contributed by atoms with E-state index in [1.807, 2.05) is 13.8 Å². The molecule has 1 fully saturated rings. The molecule has 20 heavy (non-hydrogen) atoms. The molecule has 0 heterocycles. The molecule has 3 amide bonds. The number of aliphatic hydroxyl groups excluding tert-OH is 1. The van der Waals surface area contributed by atoms with E-state index in [-0.39, 0.29) is 23.8 Å². The molecule has 1 aliphatic carbocycles. The van der Waals surface area contributed by atoms with Crippen molar-refractivity contribution in [2.75, 3.05) is 13.2 Å². The topological polar surface area (TPSA) is 104 Å². The largest absolute Gasteiger partial charge is 0.396 e.